The van der Waals surface area contributed by atoms with Gasteiger partial charge in [-0.25, -0.2) is 0 Å². The number of nitrogens with two attached hydrogens (primary N) is 1. The van der Waals surface area contributed by atoms with Crippen molar-refractivity contribution in [3.05, 3.63) is 0 Å². The summed E-state index contributed by atoms with van der Waals surface area (Å²) >= 11 is 0. The number of esters is 2. The summed E-state index contributed by atoms with van der Waals surface area (Å²) in [6.07, 6.45) is 5.84. The molecule has 0 aromatic heterocycles. The van der Waals surface area contributed by atoms with Gasteiger partial charge >= 0.3 is 11.9 Å². The Morgan fingerprint density at radius 3 is 2.31 bits per heavy atom. The van der Waals surface area contributed by atoms with Gasteiger partial charge in [0.15, 0.2) is 6.10 Å². The van der Waals surface area contributed by atoms with Gasteiger partial charge in [-0.05, 0) is 105 Å². The first-order valence-electron chi connectivity index (χ1n) is 16.5. The summed E-state index contributed by atoms with van der Waals surface area (Å²) in [5.74, 6) is 0.575. The van der Waals surface area contributed by atoms with Crippen LogP contribution in [0.15, 0.2) is 0 Å². The zero-order valence-electron chi connectivity index (χ0n) is 27.1. The van der Waals surface area contributed by atoms with Crippen LogP contribution in [0, 0.1) is 50.7 Å². The van der Waals surface area contributed by atoms with Gasteiger partial charge in [-0.15, -0.1) is 0 Å². The molecule has 4 N–H and O–H groups in total. The van der Waals surface area contributed by atoms with Crippen LogP contribution in [0.5, 0.6) is 0 Å². The third kappa shape index (κ3) is 3.79. The molecule has 0 amide bonds. The molecular formula is C34H55NO7. The molecule has 1 heterocycles. The first kappa shape index (κ1) is 30.8. The van der Waals surface area contributed by atoms with E-state index in [9.17, 15) is 19.8 Å². The normalized spacial score (nSPS) is 51.1. The summed E-state index contributed by atoms with van der Waals surface area (Å²) in [6, 6.07) is 0. The number of fused-ring (bicyclic) bond motifs is 4. The number of aliphatic hydroxyl groups is 2. The summed E-state index contributed by atoms with van der Waals surface area (Å²) in [5, 5.41) is 23.4. The van der Waals surface area contributed by atoms with Crippen molar-refractivity contribution in [3.63, 3.8) is 0 Å². The quantitative estimate of drug-likeness (QED) is 0.403. The van der Waals surface area contributed by atoms with Gasteiger partial charge in [-0.2, -0.15) is 0 Å². The van der Waals surface area contributed by atoms with Gasteiger partial charge in [-0.3, -0.25) is 9.59 Å². The standard InChI is InChI=1S/C34H55NO7/c1-18-15-20(28(30(5,6)39)40-19(2)36)41-26-25(18)31(7)13-14-34-17-33(34)12-11-23(42-24(37)16-35)29(3,4)21(33)9-10-22(34)32(31,8)27(26)38/h18,20-23,25-28,38-39H,9-17,35H2,1-8H3/t18-,20?,21+,22?,23?,25?,26?,27+,28?,31?,32-,33?,34?/m1/s1. The minimum Gasteiger partial charge on any atom is -0.461 e. The van der Waals surface area contributed by atoms with Crippen molar-refractivity contribution >= 4 is 11.9 Å². The molecule has 5 saturated carbocycles. The van der Waals surface area contributed by atoms with Gasteiger partial charge in [0.25, 0.3) is 0 Å². The largest absolute Gasteiger partial charge is 0.461 e. The van der Waals surface area contributed by atoms with Gasteiger partial charge in [0.2, 0.25) is 0 Å². The Morgan fingerprint density at radius 2 is 1.69 bits per heavy atom. The summed E-state index contributed by atoms with van der Waals surface area (Å²) in [6.45, 7) is 16.2. The fourth-order valence-electron chi connectivity index (χ4n) is 12.8. The Labute approximate surface area is 251 Å². The Kier molecular flexibility index (Phi) is 6.89. The second-order valence-electron chi connectivity index (χ2n) is 16.9. The highest BCUT2D eigenvalue weighted by molar-refractivity contribution is 5.71. The molecule has 13 atom stereocenters. The lowest BCUT2D eigenvalue weighted by Crippen LogP contribution is -2.60. The summed E-state index contributed by atoms with van der Waals surface area (Å²) in [5.41, 5.74) is 4.27. The maximum absolute atomic E-state index is 12.4. The zero-order chi connectivity index (χ0) is 30.8. The predicted molar refractivity (Wildman–Crippen MR) is 157 cm³/mol. The highest BCUT2D eigenvalue weighted by atomic mass is 16.6. The van der Waals surface area contributed by atoms with Crippen LogP contribution in [0.1, 0.15) is 107 Å². The minimum absolute atomic E-state index is 0.0790. The molecule has 6 fully saturated rings. The van der Waals surface area contributed by atoms with Crippen molar-refractivity contribution in [2.24, 2.45) is 56.5 Å². The fraction of sp³-hybridized carbons (Fsp3) is 0.941. The molecule has 238 valence electrons. The average molecular weight is 590 g/mol. The van der Waals surface area contributed by atoms with Crippen LogP contribution in [0.4, 0.5) is 0 Å². The molecule has 0 aromatic carbocycles. The van der Waals surface area contributed by atoms with Crippen molar-refractivity contribution in [2.45, 2.75) is 143 Å². The number of carbonyl (C=O) groups is 2. The van der Waals surface area contributed by atoms with Gasteiger partial charge in [0, 0.05) is 17.8 Å². The lowest BCUT2D eigenvalue weighted by Gasteiger charge is -2.63. The Balaban J connectivity index is 1.31. The van der Waals surface area contributed by atoms with Crippen LogP contribution < -0.4 is 5.73 Å². The lowest BCUT2D eigenvalue weighted by molar-refractivity contribution is -0.216. The van der Waals surface area contributed by atoms with Crippen LogP contribution >= 0.6 is 0 Å². The third-order valence-electron chi connectivity index (χ3n) is 14.5. The SMILES string of the molecule is CC(=O)OC(C1C[C@@H](C)C2C(O1)[C@H](O)[C@@]1(C)C3CC[C@H]4C(C)(C)C(OC(=O)CN)CCC45CC35CCC21C)C(C)(C)O. The van der Waals surface area contributed by atoms with Crippen molar-refractivity contribution in [1.82, 2.24) is 0 Å². The highest BCUT2D eigenvalue weighted by Gasteiger charge is 2.84. The van der Waals surface area contributed by atoms with Crippen molar-refractivity contribution < 1.29 is 34.0 Å². The molecule has 42 heavy (non-hydrogen) atoms. The smallest absolute Gasteiger partial charge is 0.319 e. The van der Waals surface area contributed by atoms with Crippen LogP contribution in [0.25, 0.3) is 0 Å². The number of hydrogen-bond acceptors (Lipinski definition) is 8. The molecule has 0 bridgehead atoms. The van der Waals surface area contributed by atoms with E-state index in [2.05, 4.69) is 34.6 Å². The molecule has 6 aliphatic rings. The van der Waals surface area contributed by atoms with E-state index in [1.807, 2.05) is 0 Å². The molecule has 9 unspecified atom stereocenters. The molecule has 0 aromatic rings. The monoisotopic (exact) mass is 589 g/mol. The van der Waals surface area contributed by atoms with E-state index >= 15 is 0 Å². The number of ether oxygens (including phenoxy) is 3. The molecule has 8 heteroatoms. The van der Waals surface area contributed by atoms with Crippen molar-refractivity contribution in [3.8, 4) is 0 Å². The third-order valence-corrected chi connectivity index (χ3v) is 14.5. The van der Waals surface area contributed by atoms with E-state index in [0.717, 1.165) is 32.1 Å². The summed E-state index contributed by atoms with van der Waals surface area (Å²) in [4.78, 5) is 24.2. The summed E-state index contributed by atoms with van der Waals surface area (Å²) < 4.78 is 18.3. The van der Waals surface area contributed by atoms with E-state index < -0.39 is 29.9 Å². The average Bonchev–Trinajstić information content (AvgIpc) is 3.52. The highest BCUT2D eigenvalue weighted by Crippen LogP contribution is 2.89. The Hall–Kier alpha value is -1.22. The van der Waals surface area contributed by atoms with Gasteiger partial charge in [-0.1, -0.05) is 34.6 Å². The first-order chi connectivity index (χ1) is 19.4. The van der Waals surface area contributed by atoms with Crippen LogP contribution in [0.3, 0.4) is 0 Å². The van der Waals surface area contributed by atoms with Crippen LogP contribution in [-0.2, 0) is 23.8 Å². The van der Waals surface area contributed by atoms with Crippen LogP contribution in [-0.4, -0.2) is 64.8 Å². The van der Waals surface area contributed by atoms with Gasteiger partial charge in [0.05, 0.1) is 30.5 Å². The summed E-state index contributed by atoms with van der Waals surface area (Å²) in [7, 11) is 0. The molecule has 8 nitrogen and oxygen atoms in total. The molecule has 1 aliphatic heterocycles. The van der Waals surface area contributed by atoms with Crippen molar-refractivity contribution in [1.29, 1.82) is 0 Å². The van der Waals surface area contributed by atoms with E-state index in [1.165, 1.54) is 19.8 Å². The molecule has 5 aliphatic carbocycles. The first-order valence-corrected chi connectivity index (χ1v) is 16.5. The number of aliphatic hydroxyl groups excluding tert-OH is 1. The second kappa shape index (κ2) is 9.40. The molecule has 2 spiro atoms. The van der Waals surface area contributed by atoms with Gasteiger partial charge < -0.3 is 30.2 Å². The zero-order valence-corrected chi connectivity index (χ0v) is 27.1. The number of hydrogen-bond donors (Lipinski definition) is 3. The van der Waals surface area contributed by atoms with E-state index in [4.69, 9.17) is 19.9 Å². The van der Waals surface area contributed by atoms with Crippen LogP contribution in [0.2, 0.25) is 0 Å². The second-order valence-corrected chi connectivity index (χ2v) is 16.9. The maximum atomic E-state index is 12.4. The Bertz CT molecular complexity index is 1130. The topological polar surface area (TPSA) is 128 Å². The van der Waals surface area contributed by atoms with E-state index in [1.54, 1.807) is 13.8 Å². The van der Waals surface area contributed by atoms with E-state index in [-0.39, 0.29) is 63.6 Å². The van der Waals surface area contributed by atoms with E-state index in [0.29, 0.717) is 18.3 Å². The Morgan fingerprint density at radius 1 is 1.05 bits per heavy atom. The number of rotatable bonds is 5. The molecular weight excluding hydrogens is 534 g/mol. The predicted octanol–water partition coefficient (Wildman–Crippen LogP) is 4.37. The van der Waals surface area contributed by atoms with Gasteiger partial charge in [0.1, 0.15) is 6.10 Å². The fourth-order valence-corrected chi connectivity index (χ4v) is 12.8. The van der Waals surface area contributed by atoms with Crippen molar-refractivity contribution in [2.75, 3.05) is 6.54 Å². The minimum atomic E-state index is -1.26. The molecule has 0 radical (unpaired) electrons. The molecule has 1 saturated heterocycles. The number of carbonyl (C=O) groups excluding carboxylic acids is 2. The molecule has 6 rings (SSSR count). The lowest BCUT2D eigenvalue weighted by atomic mass is 9.41. The maximum Gasteiger partial charge on any atom is 0.319 e.